The highest BCUT2D eigenvalue weighted by Crippen LogP contribution is 2.33. The monoisotopic (exact) mass is 307 g/mol. The highest BCUT2D eigenvalue weighted by atomic mass is 16.5. The maximum atomic E-state index is 11.4. The Morgan fingerprint density at radius 1 is 1.13 bits per heavy atom. The van der Waals surface area contributed by atoms with Crippen LogP contribution in [0.15, 0.2) is 48.5 Å². The largest absolute Gasteiger partial charge is 0.497 e. The number of ether oxygens (including phenoxy) is 2. The minimum absolute atomic E-state index is 0.531. The molecule has 4 nitrogen and oxygen atoms in total. The van der Waals surface area contributed by atoms with Gasteiger partial charge in [0.15, 0.2) is 6.29 Å². The van der Waals surface area contributed by atoms with Gasteiger partial charge < -0.3 is 9.47 Å². The third-order valence-electron chi connectivity index (χ3n) is 3.65. The van der Waals surface area contributed by atoms with Crippen molar-refractivity contribution in [2.24, 2.45) is 0 Å². The predicted octanol–water partition coefficient (Wildman–Crippen LogP) is 4.12. The second-order valence-corrected chi connectivity index (χ2v) is 5.03. The van der Waals surface area contributed by atoms with E-state index in [4.69, 9.17) is 9.47 Å². The number of fused-ring (bicyclic) bond motifs is 1. The van der Waals surface area contributed by atoms with Gasteiger partial charge in [-0.3, -0.25) is 4.79 Å². The molecule has 0 aliphatic heterocycles. The molecule has 0 bridgehead atoms. The van der Waals surface area contributed by atoms with E-state index in [1.807, 2.05) is 43.3 Å². The lowest BCUT2D eigenvalue weighted by molar-refractivity contribution is 0.112. The summed E-state index contributed by atoms with van der Waals surface area (Å²) in [6.45, 7) is 2.45. The van der Waals surface area contributed by atoms with Crippen LogP contribution in [0, 0.1) is 0 Å². The van der Waals surface area contributed by atoms with Crippen molar-refractivity contribution in [2.75, 3.05) is 13.7 Å². The van der Waals surface area contributed by atoms with Crippen molar-refractivity contribution < 1.29 is 14.3 Å². The molecular weight excluding hydrogens is 290 g/mol. The van der Waals surface area contributed by atoms with Gasteiger partial charge >= 0.3 is 0 Å². The van der Waals surface area contributed by atoms with Gasteiger partial charge in [-0.25, -0.2) is 4.98 Å². The number of methoxy groups -OCH3 is 1. The van der Waals surface area contributed by atoms with Crippen molar-refractivity contribution in [3.8, 4) is 22.9 Å². The van der Waals surface area contributed by atoms with Crippen LogP contribution < -0.4 is 9.47 Å². The molecule has 0 N–H and O–H groups in total. The molecule has 0 spiro atoms. The van der Waals surface area contributed by atoms with Gasteiger partial charge in [-0.05, 0) is 30.5 Å². The third-order valence-corrected chi connectivity index (χ3v) is 3.65. The van der Waals surface area contributed by atoms with Crippen molar-refractivity contribution in [1.29, 1.82) is 0 Å². The Bertz CT molecular complexity index is 858. The first-order chi connectivity index (χ1) is 11.3. The van der Waals surface area contributed by atoms with Crippen LogP contribution in [-0.4, -0.2) is 25.0 Å². The fourth-order valence-electron chi connectivity index (χ4n) is 2.57. The summed E-state index contributed by atoms with van der Waals surface area (Å²) in [5.74, 6) is 1.22. The van der Waals surface area contributed by atoms with Crippen molar-refractivity contribution >= 4 is 17.1 Å². The number of rotatable bonds is 5. The van der Waals surface area contributed by atoms with Gasteiger partial charge in [0.25, 0.3) is 0 Å². The molecule has 0 atom stereocenters. The van der Waals surface area contributed by atoms with Gasteiger partial charge in [0.05, 0.1) is 19.4 Å². The zero-order chi connectivity index (χ0) is 16.2. The fourth-order valence-corrected chi connectivity index (χ4v) is 2.57. The second-order valence-electron chi connectivity index (χ2n) is 5.03. The quantitative estimate of drug-likeness (QED) is 0.665. The Morgan fingerprint density at radius 2 is 1.96 bits per heavy atom. The Balaban J connectivity index is 2.32. The van der Waals surface area contributed by atoms with Crippen molar-refractivity contribution in [2.45, 2.75) is 6.92 Å². The summed E-state index contributed by atoms with van der Waals surface area (Å²) in [4.78, 5) is 16.1. The number of aromatic nitrogens is 1. The minimum Gasteiger partial charge on any atom is -0.497 e. The van der Waals surface area contributed by atoms with Crippen LogP contribution in [-0.2, 0) is 0 Å². The molecule has 0 amide bonds. The maximum absolute atomic E-state index is 11.4. The molecular formula is C19H17NO3. The first-order valence-electron chi connectivity index (χ1n) is 7.43. The summed E-state index contributed by atoms with van der Waals surface area (Å²) in [5.41, 5.74) is 2.02. The molecule has 0 aliphatic rings. The van der Waals surface area contributed by atoms with E-state index in [1.54, 1.807) is 19.2 Å². The molecule has 1 aromatic heterocycles. The van der Waals surface area contributed by atoms with E-state index in [1.165, 1.54) is 0 Å². The van der Waals surface area contributed by atoms with E-state index in [0.29, 0.717) is 29.5 Å². The van der Waals surface area contributed by atoms with Crippen LogP contribution in [0.5, 0.6) is 11.6 Å². The average molecular weight is 307 g/mol. The van der Waals surface area contributed by atoms with E-state index in [-0.39, 0.29) is 0 Å². The standard InChI is InChI=1S/C19H17NO3/c1-3-23-18-10-13-6-4-5-7-16(13)19(20-18)17-11-15(22-2)9-8-14(17)12-21/h4-12H,3H2,1-2H3. The lowest BCUT2D eigenvalue weighted by Gasteiger charge is -2.12. The van der Waals surface area contributed by atoms with Gasteiger partial charge in [-0.1, -0.05) is 24.3 Å². The molecule has 0 unspecified atom stereocenters. The normalized spacial score (nSPS) is 10.5. The third kappa shape index (κ3) is 2.88. The number of pyridine rings is 1. The van der Waals surface area contributed by atoms with E-state index < -0.39 is 0 Å². The van der Waals surface area contributed by atoms with E-state index >= 15 is 0 Å². The molecule has 2 aromatic carbocycles. The zero-order valence-electron chi connectivity index (χ0n) is 13.1. The smallest absolute Gasteiger partial charge is 0.214 e. The summed E-state index contributed by atoms with van der Waals surface area (Å²) >= 11 is 0. The highest BCUT2D eigenvalue weighted by Gasteiger charge is 2.13. The van der Waals surface area contributed by atoms with E-state index in [9.17, 15) is 4.79 Å². The molecule has 4 heteroatoms. The van der Waals surface area contributed by atoms with Crippen LogP contribution in [0.2, 0.25) is 0 Å². The first-order valence-corrected chi connectivity index (χ1v) is 7.43. The summed E-state index contributed by atoms with van der Waals surface area (Å²) in [5, 5.41) is 1.98. The van der Waals surface area contributed by atoms with Crippen molar-refractivity contribution in [1.82, 2.24) is 4.98 Å². The number of carbonyl (C=O) groups excluding carboxylic acids is 1. The van der Waals surface area contributed by atoms with E-state index in [2.05, 4.69) is 4.98 Å². The lowest BCUT2D eigenvalue weighted by atomic mass is 9.99. The number of hydrogen-bond acceptors (Lipinski definition) is 4. The van der Waals surface area contributed by atoms with Crippen LogP contribution in [0.3, 0.4) is 0 Å². The topological polar surface area (TPSA) is 48.4 Å². The molecule has 3 rings (SSSR count). The number of hydrogen-bond donors (Lipinski definition) is 0. The summed E-state index contributed by atoms with van der Waals surface area (Å²) in [6.07, 6.45) is 0.832. The van der Waals surface area contributed by atoms with Gasteiger partial charge in [0, 0.05) is 22.6 Å². The second kappa shape index (κ2) is 6.48. The van der Waals surface area contributed by atoms with Crippen LogP contribution in [0.1, 0.15) is 17.3 Å². The Labute approximate surface area is 134 Å². The Kier molecular flexibility index (Phi) is 4.24. The van der Waals surface area contributed by atoms with Gasteiger partial charge in [0.1, 0.15) is 5.75 Å². The van der Waals surface area contributed by atoms with E-state index in [0.717, 1.165) is 22.6 Å². The first kappa shape index (κ1) is 15.0. The highest BCUT2D eigenvalue weighted by molar-refractivity contribution is 5.99. The van der Waals surface area contributed by atoms with Crippen molar-refractivity contribution in [3.05, 3.63) is 54.1 Å². The lowest BCUT2D eigenvalue weighted by Crippen LogP contribution is -1.98. The molecule has 0 saturated heterocycles. The molecule has 23 heavy (non-hydrogen) atoms. The molecule has 0 aliphatic carbocycles. The number of benzene rings is 2. The van der Waals surface area contributed by atoms with Crippen LogP contribution in [0.25, 0.3) is 22.0 Å². The maximum Gasteiger partial charge on any atom is 0.214 e. The SMILES string of the molecule is CCOc1cc2ccccc2c(-c2cc(OC)ccc2C=O)n1. The van der Waals surface area contributed by atoms with Crippen LogP contribution >= 0.6 is 0 Å². The molecule has 0 saturated carbocycles. The van der Waals surface area contributed by atoms with Crippen LogP contribution in [0.4, 0.5) is 0 Å². The van der Waals surface area contributed by atoms with Crippen molar-refractivity contribution in [3.63, 3.8) is 0 Å². The average Bonchev–Trinajstić information content (AvgIpc) is 2.60. The number of aldehydes is 1. The number of nitrogens with zero attached hydrogens (tertiary/aromatic N) is 1. The number of carbonyl (C=O) groups is 1. The molecule has 1 heterocycles. The van der Waals surface area contributed by atoms with Gasteiger partial charge in [-0.2, -0.15) is 0 Å². The Morgan fingerprint density at radius 3 is 2.70 bits per heavy atom. The summed E-state index contributed by atoms with van der Waals surface area (Å²) in [6, 6.07) is 15.2. The van der Waals surface area contributed by atoms with Gasteiger partial charge in [0.2, 0.25) is 5.88 Å². The molecule has 3 aromatic rings. The Hall–Kier alpha value is -2.88. The molecule has 0 fully saturated rings. The summed E-state index contributed by atoms with van der Waals surface area (Å²) in [7, 11) is 1.60. The fraction of sp³-hybridized carbons (Fsp3) is 0.158. The minimum atomic E-state index is 0.531. The zero-order valence-corrected chi connectivity index (χ0v) is 13.1. The predicted molar refractivity (Wildman–Crippen MR) is 90.3 cm³/mol. The molecule has 116 valence electrons. The van der Waals surface area contributed by atoms with Gasteiger partial charge in [-0.15, -0.1) is 0 Å². The molecule has 0 radical (unpaired) electrons. The summed E-state index contributed by atoms with van der Waals surface area (Å²) < 4.78 is 10.9.